The average Bonchev–Trinajstić information content (AvgIpc) is 3.10. The molecule has 1 N–H and O–H groups in total. The number of ketones is 1. The number of para-hydroxylation sites is 2. The van der Waals surface area contributed by atoms with Crippen molar-refractivity contribution in [1.29, 1.82) is 0 Å². The highest BCUT2D eigenvalue weighted by molar-refractivity contribution is 6.07. The number of rotatable bonds is 5. The van der Waals surface area contributed by atoms with Crippen molar-refractivity contribution in [3.05, 3.63) is 88.6 Å². The average molecular weight is 567 g/mol. The Labute approximate surface area is 235 Å². The summed E-state index contributed by atoms with van der Waals surface area (Å²) in [6.07, 6.45) is -4.80. The molecule has 0 spiro atoms. The fourth-order valence-electron chi connectivity index (χ4n) is 5.60. The van der Waals surface area contributed by atoms with Crippen LogP contribution in [0.1, 0.15) is 41.5 Å². The van der Waals surface area contributed by atoms with Gasteiger partial charge < -0.3 is 19.5 Å². The molecule has 0 saturated carbocycles. The van der Waals surface area contributed by atoms with Gasteiger partial charge in [0.1, 0.15) is 0 Å². The number of nitrogens with zero attached hydrogens (tertiary/aromatic N) is 1. The van der Waals surface area contributed by atoms with Gasteiger partial charge in [-0.2, -0.15) is 13.2 Å². The number of hydrogen-bond donors (Lipinski definition) is 1. The van der Waals surface area contributed by atoms with Crippen LogP contribution in [0.25, 0.3) is 0 Å². The molecular formula is C31H29F3N2O5. The summed E-state index contributed by atoms with van der Waals surface area (Å²) in [5.41, 5.74) is 3.02. The van der Waals surface area contributed by atoms with Crippen molar-refractivity contribution in [2.24, 2.45) is 0 Å². The largest absolute Gasteiger partial charge is 0.493 e. The number of anilines is 2. The lowest BCUT2D eigenvalue weighted by molar-refractivity contribution is -0.170. The molecule has 0 saturated heterocycles. The minimum absolute atomic E-state index is 0.0114. The van der Waals surface area contributed by atoms with Crippen LogP contribution in [0.3, 0.4) is 0 Å². The third kappa shape index (κ3) is 5.10. The summed E-state index contributed by atoms with van der Waals surface area (Å²) in [6, 6.07) is 15.6. The zero-order valence-corrected chi connectivity index (χ0v) is 23.0. The van der Waals surface area contributed by atoms with E-state index in [1.165, 1.54) is 39.5 Å². The van der Waals surface area contributed by atoms with Crippen LogP contribution in [0.15, 0.2) is 71.9 Å². The first kappa shape index (κ1) is 28.1. The molecule has 1 aliphatic heterocycles. The van der Waals surface area contributed by atoms with Crippen LogP contribution in [-0.4, -0.2) is 39.2 Å². The molecule has 41 heavy (non-hydrogen) atoms. The number of amides is 1. The summed E-state index contributed by atoms with van der Waals surface area (Å²) in [5.74, 6) is -2.09. The minimum Gasteiger partial charge on any atom is -0.493 e. The lowest BCUT2D eigenvalue weighted by atomic mass is 9.78. The van der Waals surface area contributed by atoms with Gasteiger partial charge in [0.2, 0.25) is 5.75 Å². The van der Waals surface area contributed by atoms with E-state index < -0.39 is 18.1 Å². The molecule has 10 heteroatoms. The maximum Gasteiger partial charge on any atom is 0.471 e. The number of benzene rings is 3. The quantitative estimate of drug-likeness (QED) is 0.381. The number of alkyl halides is 3. The maximum absolute atomic E-state index is 14.2. The Kier molecular flexibility index (Phi) is 7.42. The van der Waals surface area contributed by atoms with Crippen molar-refractivity contribution in [2.75, 3.05) is 31.5 Å². The minimum atomic E-state index is -5.22. The van der Waals surface area contributed by atoms with Crippen LogP contribution in [0.4, 0.5) is 24.5 Å². The number of fused-ring (bicyclic) bond motifs is 1. The predicted octanol–water partition coefficient (Wildman–Crippen LogP) is 6.48. The zero-order chi connectivity index (χ0) is 29.5. The number of nitrogens with one attached hydrogen (secondary N) is 1. The van der Waals surface area contributed by atoms with E-state index in [4.69, 9.17) is 14.2 Å². The van der Waals surface area contributed by atoms with Gasteiger partial charge in [0, 0.05) is 17.7 Å². The number of aryl methyl sites for hydroxylation is 1. The molecule has 1 aliphatic carbocycles. The van der Waals surface area contributed by atoms with Gasteiger partial charge in [-0.1, -0.05) is 42.0 Å². The molecule has 5 rings (SSSR count). The SMILES string of the molecule is COc1cc(C2C3=C(CC(c4ccc(C)cc4)CC3=O)Nc3ccccc3N2C(=O)C(F)(F)F)cc(OC)c1OC. The van der Waals surface area contributed by atoms with E-state index in [1.54, 1.807) is 18.2 Å². The number of Topliss-reactive ketones (excluding diaryl/α,β-unsaturated/α-hetero) is 1. The summed E-state index contributed by atoms with van der Waals surface area (Å²) >= 11 is 0. The summed E-state index contributed by atoms with van der Waals surface area (Å²) in [7, 11) is 4.17. The molecule has 0 fully saturated rings. The monoisotopic (exact) mass is 566 g/mol. The number of carbonyl (C=O) groups is 2. The first-order chi connectivity index (χ1) is 19.6. The zero-order valence-electron chi connectivity index (χ0n) is 23.0. The molecule has 0 aromatic heterocycles. The fourth-order valence-corrected chi connectivity index (χ4v) is 5.60. The Hall–Kier alpha value is -4.47. The van der Waals surface area contributed by atoms with E-state index in [0.717, 1.165) is 11.1 Å². The number of hydrogen-bond acceptors (Lipinski definition) is 6. The molecule has 1 heterocycles. The van der Waals surface area contributed by atoms with Crippen LogP contribution in [0, 0.1) is 6.92 Å². The van der Waals surface area contributed by atoms with Crippen molar-refractivity contribution in [3.8, 4) is 17.2 Å². The van der Waals surface area contributed by atoms with Gasteiger partial charge >= 0.3 is 12.1 Å². The van der Waals surface area contributed by atoms with E-state index in [9.17, 15) is 22.8 Å². The highest BCUT2D eigenvalue weighted by atomic mass is 19.4. The Morgan fingerprint density at radius 3 is 2.12 bits per heavy atom. The molecule has 2 atom stereocenters. The van der Waals surface area contributed by atoms with Gasteiger partial charge in [-0.25, -0.2) is 0 Å². The van der Waals surface area contributed by atoms with Gasteiger partial charge in [-0.3, -0.25) is 14.5 Å². The maximum atomic E-state index is 14.2. The summed E-state index contributed by atoms with van der Waals surface area (Å²) in [6.45, 7) is 1.97. The van der Waals surface area contributed by atoms with Crippen LogP contribution in [-0.2, 0) is 9.59 Å². The van der Waals surface area contributed by atoms with Gasteiger partial charge in [0.15, 0.2) is 17.3 Å². The smallest absolute Gasteiger partial charge is 0.471 e. The molecule has 0 bridgehead atoms. The Balaban J connectivity index is 1.78. The standard InChI is InChI=1S/C31H29F3N2O5/c1-17-9-11-18(12-10-17)19-13-22-27(24(37)14-19)28(20-15-25(39-2)29(41-4)26(16-20)40-3)36(30(38)31(32,33)34)23-8-6-5-7-21(23)35-22/h5-12,15-16,19,28,35H,13-14H2,1-4H3. The second-order valence-corrected chi connectivity index (χ2v) is 10.0. The molecule has 0 radical (unpaired) electrons. The molecule has 3 aromatic carbocycles. The van der Waals surface area contributed by atoms with E-state index in [-0.39, 0.29) is 57.9 Å². The Bertz CT molecular complexity index is 1510. The van der Waals surface area contributed by atoms with Gasteiger partial charge in [0.05, 0.1) is 38.7 Å². The van der Waals surface area contributed by atoms with Crippen molar-refractivity contribution < 1.29 is 37.0 Å². The predicted molar refractivity (Wildman–Crippen MR) is 148 cm³/mol. The van der Waals surface area contributed by atoms with Crippen molar-refractivity contribution in [3.63, 3.8) is 0 Å². The molecular weight excluding hydrogens is 537 g/mol. The Morgan fingerprint density at radius 2 is 1.54 bits per heavy atom. The molecule has 3 aromatic rings. The van der Waals surface area contributed by atoms with Crippen LogP contribution < -0.4 is 24.4 Å². The van der Waals surface area contributed by atoms with Gasteiger partial charge in [-0.15, -0.1) is 0 Å². The lowest BCUT2D eigenvalue weighted by Crippen LogP contribution is -2.45. The number of ether oxygens (including phenoxy) is 3. The molecule has 1 amide bonds. The van der Waals surface area contributed by atoms with Crippen LogP contribution in [0.2, 0.25) is 0 Å². The third-order valence-corrected chi connectivity index (χ3v) is 7.50. The molecule has 7 nitrogen and oxygen atoms in total. The fraction of sp³-hybridized carbons (Fsp3) is 0.290. The van der Waals surface area contributed by atoms with Crippen LogP contribution in [0.5, 0.6) is 17.2 Å². The summed E-state index contributed by atoms with van der Waals surface area (Å²) < 4.78 is 59.0. The topological polar surface area (TPSA) is 77.1 Å². The summed E-state index contributed by atoms with van der Waals surface area (Å²) in [5, 5.41) is 3.23. The normalized spacial score (nSPS) is 18.6. The highest BCUT2D eigenvalue weighted by Gasteiger charge is 2.50. The second-order valence-electron chi connectivity index (χ2n) is 10.0. The number of halogens is 3. The first-order valence-corrected chi connectivity index (χ1v) is 13.0. The van der Waals surface area contributed by atoms with Crippen LogP contribution >= 0.6 is 0 Å². The number of carbonyl (C=O) groups excluding carboxylic acids is 2. The van der Waals surface area contributed by atoms with Crippen molar-refractivity contribution in [1.82, 2.24) is 0 Å². The van der Waals surface area contributed by atoms with Gasteiger partial charge in [0.25, 0.3) is 0 Å². The lowest BCUT2D eigenvalue weighted by Gasteiger charge is -2.35. The third-order valence-electron chi connectivity index (χ3n) is 7.50. The molecule has 2 aliphatic rings. The number of allylic oxidation sites excluding steroid dienone is 1. The summed E-state index contributed by atoms with van der Waals surface area (Å²) in [4.78, 5) is 27.9. The highest BCUT2D eigenvalue weighted by Crippen LogP contribution is 2.50. The molecule has 2 unspecified atom stereocenters. The first-order valence-electron chi connectivity index (χ1n) is 13.0. The number of methoxy groups -OCH3 is 3. The Morgan fingerprint density at radius 1 is 0.902 bits per heavy atom. The van der Waals surface area contributed by atoms with E-state index in [2.05, 4.69) is 5.32 Å². The van der Waals surface area contributed by atoms with E-state index in [1.807, 2.05) is 31.2 Å². The second kappa shape index (κ2) is 10.8. The van der Waals surface area contributed by atoms with Crippen molar-refractivity contribution in [2.45, 2.75) is 37.9 Å². The van der Waals surface area contributed by atoms with Crippen molar-refractivity contribution >= 4 is 23.1 Å². The van der Waals surface area contributed by atoms with E-state index >= 15 is 0 Å². The molecule has 214 valence electrons. The van der Waals surface area contributed by atoms with E-state index in [0.29, 0.717) is 17.0 Å². The van der Waals surface area contributed by atoms with Gasteiger partial charge in [-0.05, 0) is 54.7 Å².